The third-order valence-corrected chi connectivity index (χ3v) is 7.17. The van der Waals surface area contributed by atoms with E-state index in [0.717, 1.165) is 36.1 Å². The van der Waals surface area contributed by atoms with E-state index < -0.39 is 0 Å². The van der Waals surface area contributed by atoms with Crippen molar-refractivity contribution in [2.45, 2.75) is 30.6 Å². The second kappa shape index (κ2) is 11.0. The fourth-order valence-electron chi connectivity index (χ4n) is 4.33. The van der Waals surface area contributed by atoms with Crippen LogP contribution in [0.15, 0.2) is 70.7 Å². The number of methoxy groups -OCH3 is 1. The zero-order valence-corrected chi connectivity index (χ0v) is 20.8. The lowest BCUT2D eigenvalue weighted by molar-refractivity contribution is -0.119. The standard InChI is InChI=1S/C27H28N4O4S/c1-34-20-10-5-7-18(13-20)16-31-26(33)25-24(22(15-29-25)19-8-3-2-4-9-19)30-27(31)36-17-23(32)28-14-21-11-6-12-35-21/h2-5,7-10,13,15,21,29H,6,11-12,14,16-17H2,1H3,(H,28,32)/t21-/m0/s1. The van der Waals surface area contributed by atoms with Gasteiger partial charge in [0.1, 0.15) is 16.8 Å². The summed E-state index contributed by atoms with van der Waals surface area (Å²) in [4.78, 5) is 34.2. The minimum atomic E-state index is -0.188. The van der Waals surface area contributed by atoms with Gasteiger partial charge < -0.3 is 19.8 Å². The molecule has 2 N–H and O–H groups in total. The van der Waals surface area contributed by atoms with Crippen LogP contribution >= 0.6 is 11.8 Å². The fraction of sp³-hybridized carbons (Fsp3) is 0.296. The largest absolute Gasteiger partial charge is 0.497 e. The summed E-state index contributed by atoms with van der Waals surface area (Å²) in [5, 5.41) is 3.43. The van der Waals surface area contributed by atoms with Gasteiger partial charge in [0.05, 0.1) is 25.5 Å². The van der Waals surface area contributed by atoms with Crippen LogP contribution in [0.2, 0.25) is 0 Å². The van der Waals surface area contributed by atoms with Gasteiger partial charge in [-0.05, 0) is 36.1 Å². The Bertz CT molecular complexity index is 1410. The van der Waals surface area contributed by atoms with Gasteiger partial charge in [-0.25, -0.2) is 4.98 Å². The van der Waals surface area contributed by atoms with Crippen molar-refractivity contribution in [3.8, 4) is 16.9 Å². The molecule has 0 unspecified atom stereocenters. The molecule has 1 aliphatic rings. The quantitative estimate of drug-likeness (QED) is 0.266. The molecule has 2 aromatic heterocycles. The Hall–Kier alpha value is -3.56. The second-order valence-corrected chi connectivity index (χ2v) is 9.60. The predicted octanol–water partition coefficient (Wildman–Crippen LogP) is 3.84. The molecule has 5 rings (SSSR count). The van der Waals surface area contributed by atoms with Gasteiger partial charge >= 0.3 is 0 Å². The van der Waals surface area contributed by atoms with Gasteiger partial charge in [0.25, 0.3) is 5.56 Å². The number of carbonyl (C=O) groups is 1. The van der Waals surface area contributed by atoms with Crippen molar-refractivity contribution in [2.24, 2.45) is 0 Å². The number of nitrogens with one attached hydrogen (secondary N) is 2. The Balaban J connectivity index is 1.47. The van der Waals surface area contributed by atoms with E-state index in [0.29, 0.717) is 35.0 Å². The first-order valence-corrected chi connectivity index (χ1v) is 12.9. The summed E-state index contributed by atoms with van der Waals surface area (Å²) in [7, 11) is 1.61. The molecule has 186 valence electrons. The topological polar surface area (TPSA) is 98.2 Å². The SMILES string of the molecule is COc1cccc(Cn2c(SCC(=O)NC[C@@H]3CCCO3)nc3c(-c4ccccc4)c[nH]c3c2=O)c1. The maximum atomic E-state index is 13.6. The Morgan fingerprint density at radius 1 is 1.25 bits per heavy atom. The van der Waals surface area contributed by atoms with Crippen molar-refractivity contribution >= 4 is 28.7 Å². The molecule has 1 amide bonds. The molecule has 36 heavy (non-hydrogen) atoms. The van der Waals surface area contributed by atoms with E-state index in [4.69, 9.17) is 14.5 Å². The molecular formula is C27H28N4O4S. The van der Waals surface area contributed by atoms with Crippen LogP contribution < -0.4 is 15.6 Å². The maximum absolute atomic E-state index is 13.6. The lowest BCUT2D eigenvalue weighted by Gasteiger charge is -2.14. The number of aromatic nitrogens is 3. The van der Waals surface area contributed by atoms with Gasteiger partial charge in [-0.15, -0.1) is 0 Å². The Morgan fingerprint density at radius 2 is 2.11 bits per heavy atom. The predicted molar refractivity (Wildman–Crippen MR) is 141 cm³/mol. The van der Waals surface area contributed by atoms with Crippen LogP contribution in [0.3, 0.4) is 0 Å². The van der Waals surface area contributed by atoms with Crippen LogP contribution in [-0.4, -0.2) is 52.6 Å². The van der Waals surface area contributed by atoms with E-state index >= 15 is 0 Å². The molecule has 1 fully saturated rings. The first-order valence-electron chi connectivity index (χ1n) is 11.9. The minimum absolute atomic E-state index is 0.0768. The average Bonchev–Trinajstić information content (AvgIpc) is 3.59. The summed E-state index contributed by atoms with van der Waals surface area (Å²) >= 11 is 1.26. The van der Waals surface area contributed by atoms with Gasteiger partial charge in [-0.1, -0.05) is 54.2 Å². The van der Waals surface area contributed by atoms with Crippen LogP contribution in [0, 0.1) is 0 Å². The van der Waals surface area contributed by atoms with Crippen LogP contribution in [-0.2, 0) is 16.1 Å². The number of H-pyrrole nitrogens is 1. The maximum Gasteiger partial charge on any atom is 0.278 e. The molecule has 0 bridgehead atoms. The number of fused-ring (bicyclic) bond motifs is 1. The number of amides is 1. The Labute approximate surface area is 213 Å². The van der Waals surface area contributed by atoms with Crippen LogP contribution in [0.5, 0.6) is 5.75 Å². The number of carbonyl (C=O) groups excluding carboxylic acids is 1. The van der Waals surface area contributed by atoms with Crippen molar-refractivity contribution in [1.29, 1.82) is 0 Å². The highest BCUT2D eigenvalue weighted by Gasteiger charge is 2.19. The molecule has 2 aromatic carbocycles. The average molecular weight is 505 g/mol. The molecular weight excluding hydrogens is 476 g/mol. The number of nitrogens with zero attached hydrogens (tertiary/aromatic N) is 2. The highest BCUT2D eigenvalue weighted by molar-refractivity contribution is 7.99. The van der Waals surface area contributed by atoms with E-state index in [1.54, 1.807) is 11.7 Å². The van der Waals surface area contributed by atoms with Crippen molar-refractivity contribution in [3.63, 3.8) is 0 Å². The highest BCUT2D eigenvalue weighted by atomic mass is 32.2. The lowest BCUT2D eigenvalue weighted by Crippen LogP contribution is -2.33. The molecule has 9 heteroatoms. The van der Waals surface area contributed by atoms with E-state index in [9.17, 15) is 9.59 Å². The monoisotopic (exact) mass is 504 g/mol. The van der Waals surface area contributed by atoms with Crippen LogP contribution in [0.4, 0.5) is 0 Å². The van der Waals surface area contributed by atoms with Crippen molar-refractivity contribution in [2.75, 3.05) is 26.0 Å². The molecule has 1 saturated heterocycles. The van der Waals surface area contributed by atoms with E-state index in [-0.39, 0.29) is 23.3 Å². The molecule has 4 aromatic rings. The first kappa shape index (κ1) is 24.1. The van der Waals surface area contributed by atoms with Gasteiger partial charge in [0.15, 0.2) is 5.16 Å². The molecule has 0 spiro atoms. The van der Waals surface area contributed by atoms with Gasteiger partial charge in [0.2, 0.25) is 5.91 Å². The van der Waals surface area contributed by atoms with Crippen molar-refractivity contribution in [3.05, 3.63) is 76.7 Å². The number of aromatic amines is 1. The normalized spacial score (nSPS) is 15.3. The van der Waals surface area contributed by atoms with E-state index in [2.05, 4.69) is 10.3 Å². The fourth-order valence-corrected chi connectivity index (χ4v) is 5.15. The summed E-state index contributed by atoms with van der Waals surface area (Å²) in [6.07, 6.45) is 3.87. The van der Waals surface area contributed by atoms with Crippen LogP contribution in [0.25, 0.3) is 22.2 Å². The number of thioether (sulfide) groups is 1. The molecule has 1 atom stereocenters. The zero-order chi connectivity index (χ0) is 24.9. The van der Waals surface area contributed by atoms with Gasteiger partial charge in [0, 0.05) is 24.9 Å². The lowest BCUT2D eigenvalue weighted by atomic mass is 10.1. The first-order chi connectivity index (χ1) is 17.6. The van der Waals surface area contributed by atoms with Gasteiger partial charge in [-0.2, -0.15) is 0 Å². The van der Waals surface area contributed by atoms with E-state index in [1.807, 2.05) is 60.8 Å². The Morgan fingerprint density at radius 3 is 2.89 bits per heavy atom. The van der Waals surface area contributed by atoms with E-state index in [1.165, 1.54) is 11.8 Å². The Kier molecular flexibility index (Phi) is 7.39. The molecule has 0 saturated carbocycles. The summed E-state index contributed by atoms with van der Waals surface area (Å²) in [5.74, 6) is 0.743. The molecule has 0 aliphatic carbocycles. The molecule has 1 aliphatic heterocycles. The zero-order valence-electron chi connectivity index (χ0n) is 20.0. The number of ether oxygens (including phenoxy) is 2. The summed E-state index contributed by atoms with van der Waals surface area (Å²) < 4.78 is 12.5. The molecule has 0 radical (unpaired) electrons. The summed E-state index contributed by atoms with van der Waals surface area (Å²) in [6, 6.07) is 17.4. The molecule has 3 heterocycles. The molecule has 8 nitrogen and oxygen atoms in total. The summed E-state index contributed by atoms with van der Waals surface area (Å²) in [6.45, 7) is 1.55. The van der Waals surface area contributed by atoms with Crippen molar-refractivity contribution in [1.82, 2.24) is 19.9 Å². The van der Waals surface area contributed by atoms with Crippen LogP contribution in [0.1, 0.15) is 18.4 Å². The van der Waals surface area contributed by atoms with Gasteiger partial charge in [-0.3, -0.25) is 14.2 Å². The number of benzene rings is 2. The minimum Gasteiger partial charge on any atom is -0.497 e. The highest BCUT2D eigenvalue weighted by Crippen LogP contribution is 2.28. The number of rotatable bonds is 9. The smallest absolute Gasteiger partial charge is 0.278 e. The third-order valence-electron chi connectivity index (χ3n) is 6.19. The van der Waals surface area contributed by atoms with Crippen molar-refractivity contribution < 1.29 is 14.3 Å². The second-order valence-electron chi connectivity index (χ2n) is 8.66. The summed E-state index contributed by atoms with van der Waals surface area (Å²) in [5.41, 5.74) is 3.55. The third kappa shape index (κ3) is 5.32. The number of hydrogen-bond donors (Lipinski definition) is 2. The number of hydrogen-bond acceptors (Lipinski definition) is 6.